The number of ether oxygens (including phenoxy) is 2. The Balaban J connectivity index is 0.000000187. The Bertz CT molecular complexity index is 847. The predicted molar refractivity (Wildman–Crippen MR) is 116 cm³/mol. The van der Waals surface area contributed by atoms with Crippen molar-refractivity contribution in [2.24, 2.45) is 5.92 Å². The van der Waals surface area contributed by atoms with Crippen LogP contribution in [0.2, 0.25) is 0 Å². The van der Waals surface area contributed by atoms with E-state index >= 15 is 0 Å². The molecular weight excluding hydrogens is 386 g/mol. The van der Waals surface area contributed by atoms with Gasteiger partial charge in [-0.1, -0.05) is 6.07 Å². The van der Waals surface area contributed by atoms with E-state index in [-0.39, 0.29) is 0 Å². The van der Waals surface area contributed by atoms with Gasteiger partial charge in [0.1, 0.15) is 11.3 Å². The molecule has 0 unspecified atom stereocenters. The lowest BCUT2D eigenvalue weighted by Crippen LogP contribution is -2.29. The molecule has 0 radical (unpaired) electrons. The van der Waals surface area contributed by atoms with E-state index in [1.54, 1.807) is 7.11 Å². The first kappa shape index (κ1) is 22.2. The predicted octanol–water partition coefficient (Wildman–Crippen LogP) is 2.60. The number of benzene rings is 1. The zero-order valence-corrected chi connectivity index (χ0v) is 18.1. The molecule has 4 rings (SSSR count). The Morgan fingerprint density at radius 3 is 2.70 bits per heavy atom. The second-order valence-electron chi connectivity index (χ2n) is 8.23. The number of carboxylic acid groups (broad SMARTS) is 1. The maximum atomic E-state index is 10.5. The molecule has 1 aromatic carbocycles. The lowest BCUT2D eigenvalue weighted by Gasteiger charge is -2.22. The zero-order valence-electron chi connectivity index (χ0n) is 18.1. The summed E-state index contributed by atoms with van der Waals surface area (Å²) >= 11 is 0. The summed E-state index contributed by atoms with van der Waals surface area (Å²) in [5, 5.41) is 8.68. The molecule has 2 aliphatic heterocycles. The zero-order chi connectivity index (χ0) is 21.7. The van der Waals surface area contributed by atoms with E-state index in [0.29, 0.717) is 30.9 Å². The molecule has 9 nitrogen and oxygen atoms in total. The van der Waals surface area contributed by atoms with Gasteiger partial charge in [-0.2, -0.15) is 0 Å². The minimum absolute atomic E-state index is 0.433. The third-order valence-corrected chi connectivity index (χ3v) is 5.72. The van der Waals surface area contributed by atoms with Crippen molar-refractivity contribution in [2.45, 2.75) is 25.2 Å². The first-order valence-corrected chi connectivity index (χ1v) is 10.4. The van der Waals surface area contributed by atoms with Crippen molar-refractivity contribution in [2.75, 3.05) is 59.8 Å². The number of anilines is 1. The number of amides is 1. The number of nitrogens with one attached hydrogen (secondary N) is 1. The topological polar surface area (TPSA) is 117 Å². The van der Waals surface area contributed by atoms with Gasteiger partial charge in [-0.25, -0.2) is 9.78 Å². The van der Waals surface area contributed by atoms with Gasteiger partial charge in [0.25, 0.3) is 0 Å². The summed E-state index contributed by atoms with van der Waals surface area (Å²) < 4.78 is 10.7. The molecule has 0 spiro atoms. The van der Waals surface area contributed by atoms with E-state index < -0.39 is 6.09 Å². The minimum Gasteiger partial charge on any atom is -0.494 e. The van der Waals surface area contributed by atoms with Crippen molar-refractivity contribution in [3.05, 3.63) is 17.7 Å². The number of nitrogens with two attached hydrogens (primary N) is 1. The van der Waals surface area contributed by atoms with Crippen LogP contribution in [-0.4, -0.2) is 85.0 Å². The summed E-state index contributed by atoms with van der Waals surface area (Å²) in [4.78, 5) is 21.6. The van der Waals surface area contributed by atoms with Crippen LogP contribution in [0.3, 0.4) is 0 Å². The van der Waals surface area contributed by atoms with E-state index in [2.05, 4.69) is 20.9 Å². The van der Waals surface area contributed by atoms with Crippen LogP contribution in [0.1, 0.15) is 30.7 Å². The van der Waals surface area contributed by atoms with Crippen molar-refractivity contribution < 1.29 is 19.4 Å². The third-order valence-electron chi connectivity index (χ3n) is 5.72. The van der Waals surface area contributed by atoms with Gasteiger partial charge in [0.2, 0.25) is 0 Å². The molecule has 166 valence electrons. The fourth-order valence-electron chi connectivity index (χ4n) is 4.29. The molecule has 2 aliphatic rings. The minimum atomic E-state index is -0.781. The molecule has 9 heteroatoms. The van der Waals surface area contributed by atoms with Crippen molar-refractivity contribution in [1.82, 2.24) is 19.8 Å². The number of hydrogen-bond acceptors (Lipinski definition) is 6. The maximum Gasteiger partial charge on any atom is 0.407 e. The highest BCUT2D eigenvalue weighted by Crippen LogP contribution is 2.35. The summed E-state index contributed by atoms with van der Waals surface area (Å²) in [5.74, 6) is 2.23. The number of fused-ring (bicyclic) bond motifs is 1. The molecule has 2 fully saturated rings. The SMILES string of the molecule is CN(C)C[C@H]1CCN(C(=O)O)C1.COc1ccc(C2CCOCC2)c2nc(N)[nH]c12. The molecule has 1 atom stereocenters. The average molecular weight is 420 g/mol. The molecule has 2 aromatic rings. The summed E-state index contributed by atoms with van der Waals surface area (Å²) in [6.45, 7) is 4.03. The number of likely N-dealkylation sites (tertiary alicyclic amines) is 1. The summed E-state index contributed by atoms with van der Waals surface area (Å²) in [5.41, 5.74) is 8.82. The molecule has 2 saturated heterocycles. The van der Waals surface area contributed by atoms with Crippen molar-refractivity contribution in [3.8, 4) is 5.75 Å². The third kappa shape index (κ3) is 5.34. The summed E-state index contributed by atoms with van der Waals surface area (Å²) in [6, 6.07) is 4.07. The van der Waals surface area contributed by atoms with Gasteiger partial charge in [0.05, 0.1) is 12.6 Å². The maximum absolute atomic E-state index is 10.5. The van der Waals surface area contributed by atoms with E-state index in [0.717, 1.165) is 55.8 Å². The van der Waals surface area contributed by atoms with Crippen molar-refractivity contribution in [3.63, 3.8) is 0 Å². The highest BCUT2D eigenvalue weighted by atomic mass is 16.5. The van der Waals surface area contributed by atoms with Crippen molar-refractivity contribution in [1.29, 1.82) is 0 Å². The molecule has 0 bridgehead atoms. The number of nitrogens with zero attached hydrogens (tertiary/aromatic N) is 3. The number of nitrogen functional groups attached to an aromatic ring is 1. The number of carbonyl (C=O) groups is 1. The monoisotopic (exact) mass is 419 g/mol. The van der Waals surface area contributed by atoms with Gasteiger partial charge in [-0.3, -0.25) is 0 Å². The average Bonchev–Trinajstić information content (AvgIpc) is 3.34. The molecule has 1 aromatic heterocycles. The van der Waals surface area contributed by atoms with E-state index in [1.807, 2.05) is 20.2 Å². The van der Waals surface area contributed by atoms with Crippen LogP contribution in [0.5, 0.6) is 5.75 Å². The van der Waals surface area contributed by atoms with Gasteiger partial charge in [0, 0.05) is 32.8 Å². The van der Waals surface area contributed by atoms with E-state index in [9.17, 15) is 4.79 Å². The van der Waals surface area contributed by atoms with Gasteiger partial charge in [-0.15, -0.1) is 0 Å². The lowest BCUT2D eigenvalue weighted by molar-refractivity contribution is 0.0856. The molecule has 3 heterocycles. The van der Waals surface area contributed by atoms with Crippen LogP contribution in [0.25, 0.3) is 11.0 Å². The largest absolute Gasteiger partial charge is 0.494 e. The molecule has 0 aliphatic carbocycles. The fraction of sp³-hybridized carbons (Fsp3) is 0.619. The first-order chi connectivity index (χ1) is 14.4. The summed E-state index contributed by atoms with van der Waals surface area (Å²) in [6.07, 6.45) is 2.30. The van der Waals surface area contributed by atoms with Gasteiger partial charge in [0.15, 0.2) is 5.95 Å². The highest BCUT2D eigenvalue weighted by molar-refractivity contribution is 5.86. The molecule has 0 saturated carbocycles. The Morgan fingerprint density at radius 1 is 1.37 bits per heavy atom. The number of H-pyrrole nitrogens is 1. The Labute approximate surface area is 177 Å². The molecule has 30 heavy (non-hydrogen) atoms. The van der Waals surface area contributed by atoms with Crippen LogP contribution in [0.15, 0.2) is 12.1 Å². The first-order valence-electron chi connectivity index (χ1n) is 10.4. The van der Waals surface area contributed by atoms with Crippen LogP contribution in [0.4, 0.5) is 10.7 Å². The van der Waals surface area contributed by atoms with Gasteiger partial charge >= 0.3 is 6.09 Å². The number of aromatic amines is 1. The van der Waals surface area contributed by atoms with Crippen LogP contribution >= 0.6 is 0 Å². The molecule has 4 N–H and O–H groups in total. The van der Waals surface area contributed by atoms with E-state index in [4.69, 9.17) is 20.3 Å². The molecule has 1 amide bonds. The van der Waals surface area contributed by atoms with Crippen LogP contribution in [-0.2, 0) is 4.74 Å². The van der Waals surface area contributed by atoms with E-state index in [1.165, 1.54) is 10.5 Å². The number of rotatable bonds is 4. The number of hydrogen-bond donors (Lipinski definition) is 3. The fourth-order valence-corrected chi connectivity index (χ4v) is 4.29. The molecular formula is C21H33N5O4. The number of imidazole rings is 1. The van der Waals surface area contributed by atoms with Gasteiger partial charge < -0.3 is 35.1 Å². The Kier molecular flexibility index (Phi) is 7.38. The van der Waals surface area contributed by atoms with Gasteiger partial charge in [-0.05, 0) is 56.8 Å². The van der Waals surface area contributed by atoms with Crippen LogP contribution in [0, 0.1) is 5.92 Å². The second kappa shape index (κ2) is 9.99. The summed E-state index contributed by atoms with van der Waals surface area (Å²) in [7, 11) is 5.69. The van der Waals surface area contributed by atoms with Crippen LogP contribution < -0.4 is 10.5 Å². The Hall–Kier alpha value is -2.52. The Morgan fingerprint density at radius 2 is 2.10 bits per heavy atom. The van der Waals surface area contributed by atoms with Crippen molar-refractivity contribution >= 4 is 23.1 Å². The quantitative estimate of drug-likeness (QED) is 0.697. The standard InChI is InChI=1S/C13H17N3O2.C8H16N2O2/c1-17-10-3-2-9(8-4-6-18-7-5-8)11-12(10)16-13(14)15-11;1-9(2)5-7-3-4-10(6-7)8(11)12/h2-3,8H,4-7H2,1H3,(H3,14,15,16);7H,3-6H2,1-2H3,(H,11,12)/t;7-/m.1/s1. The number of methoxy groups -OCH3 is 1. The highest BCUT2D eigenvalue weighted by Gasteiger charge is 2.25. The second-order valence-corrected chi connectivity index (χ2v) is 8.23. The normalized spacial score (nSPS) is 19.7. The number of aromatic nitrogens is 2. The smallest absolute Gasteiger partial charge is 0.407 e. The lowest BCUT2D eigenvalue weighted by atomic mass is 9.90.